The summed E-state index contributed by atoms with van der Waals surface area (Å²) in [6.45, 7) is 0.365. The molecule has 3 rings (SSSR count). The number of hydrogen-bond donors (Lipinski definition) is 1. The first kappa shape index (κ1) is 24.1. The Bertz CT molecular complexity index is 1070. The summed E-state index contributed by atoms with van der Waals surface area (Å²) in [5, 5.41) is 3.23. The van der Waals surface area contributed by atoms with Crippen LogP contribution in [-0.4, -0.2) is 64.1 Å². The topological polar surface area (TPSA) is 102 Å². The number of halogens is 2. The van der Waals surface area contributed by atoms with Crippen molar-refractivity contribution in [2.45, 2.75) is 11.3 Å². The molecule has 1 saturated heterocycles. The van der Waals surface area contributed by atoms with Crippen LogP contribution in [0.4, 0.5) is 4.39 Å². The van der Waals surface area contributed by atoms with Crippen LogP contribution in [0.3, 0.4) is 0 Å². The molecule has 0 bridgehead atoms. The highest BCUT2D eigenvalue weighted by molar-refractivity contribution is 7.89. The molecule has 0 aliphatic carbocycles. The van der Waals surface area contributed by atoms with Gasteiger partial charge in [0.1, 0.15) is 10.7 Å². The molecule has 1 aliphatic rings. The number of morpholine rings is 1. The van der Waals surface area contributed by atoms with Gasteiger partial charge in [0.15, 0.2) is 6.61 Å². The summed E-state index contributed by atoms with van der Waals surface area (Å²) in [6.07, 6.45) is 0.567. The van der Waals surface area contributed by atoms with E-state index >= 15 is 0 Å². The molecule has 0 spiro atoms. The molecule has 1 fully saturated rings. The smallest absolute Gasteiger partial charge is 0.338 e. The standard InChI is InChI=1S/C21H22ClFN2O6S/c22-17-4-1-15(2-5-17)7-8-24-20(26)14-31-21(27)16-3-6-18(23)19(13-16)32(28,29)25-9-11-30-12-10-25/h1-6,13H,7-12,14H2,(H,24,26). The lowest BCUT2D eigenvalue weighted by Crippen LogP contribution is -2.41. The lowest BCUT2D eigenvalue weighted by atomic mass is 10.1. The Balaban J connectivity index is 1.55. The van der Waals surface area contributed by atoms with Gasteiger partial charge in [0.25, 0.3) is 5.91 Å². The van der Waals surface area contributed by atoms with Crippen LogP contribution in [0.1, 0.15) is 15.9 Å². The summed E-state index contributed by atoms with van der Waals surface area (Å²) >= 11 is 5.82. The normalized spacial score (nSPS) is 14.7. The first-order chi connectivity index (χ1) is 15.3. The molecule has 0 atom stereocenters. The Morgan fingerprint density at radius 1 is 1.12 bits per heavy atom. The number of benzene rings is 2. The van der Waals surface area contributed by atoms with Crippen molar-refractivity contribution in [3.8, 4) is 0 Å². The number of amides is 1. The molecular formula is C21H22ClFN2O6S. The van der Waals surface area contributed by atoms with Crippen LogP contribution in [0, 0.1) is 5.82 Å². The first-order valence-electron chi connectivity index (χ1n) is 9.83. The second-order valence-corrected chi connectivity index (χ2v) is 9.31. The molecule has 0 aromatic heterocycles. The maximum Gasteiger partial charge on any atom is 0.338 e. The summed E-state index contributed by atoms with van der Waals surface area (Å²) in [7, 11) is -4.14. The van der Waals surface area contributed by atoms with Gasteiger partial charge in [0, 0.05) is 24.7 Å². The fraction of sp³-hybridized carbons (Fsp3) is 0.333. The Morgan fingerprint density at radius 2 is 1.81 bits per heavy atom. The predicted molar refractivity (Wildman–Crippen MR) is 114 cm³/mol. The molecule has 1 heterocycles. The van der Waals surface area contributed by atoms with Crippen molar-refractivity contribution < 1.29 is 31.9 Å². The second kappa shape index (κ2) is 10.9. The van der Waals surface area contributed by atoms with Gasteiger partial charge in [0.05, 0.1) is 18.8 Å². The van der Waals surface area contributed by atoms with Crippen molar-refractivity contribution >= 4 is 33.5 Å². The number of nitrogens with zero attached hydrogens (tertiary/aromatic N) is 1. The largest absolute Gasteiger partial charge is 0.452 e. The van der Waals surface area contributed by atoms with Gasteiger partial charge in [-0.1, -0.05) is 23.7 Å². The highest BCUT2D eigenvalue weighted by Gasteiger charge is 2.30. The van der Waals surface area contributed by atoms with Crippen molar-refractivity contribution in [1.82, 2.24) is 9.62 Å². The third-order valence-corrected chi connectivity index (χ3v) is 6.90. The highest BCUT2D eigenvalue weighted by Crippen LogP contribution is 2.22. The van der Waals surface area contributed by atoms with Crippen molar-refractivity contribution in [2.75, 3.05) is 39.5 Å². The van der Waals surface area contributed by atoms with Gasteiger partial charge in [-0.3, -0.25) is 4.79 Å². The number of hydrogen-bond acceptors (Lipinski definition) is 6. The zero-order chi connectivity index (χ0) is 23.1. The summed E-state index contributed by atoms with van der Waals surface area (Å²) in [5.74, 6) is -2.43. The van der Waals surface area contributed by atoms with E-state index in [-0.39, 0.29) is 31.9 Å². The minimum atomic E-state index is -4.14. The van der Waals surface area contributed by atoms with Crippen LogP contribution < -0.4 is 5.32 Å². The summed E-state index contributed by atoms with van der Waals surface area (Å²) in [5.41, 5.74) is 0.805. The summed E-state index contributed by atoms with van der Waals surface area (Å²) < 4.78 is 50.8. The molecule has 172 valence electrons. The number of carbonyl (C=O) groups is 2. The van der Waals surface area contributed by atoms with Crippen LogP contribution in [0.5, 0.6) is 0 Å². The number of ether oxygens (including phenoxy) is 2. The third kappa shape index (κ3) is 6.26. The van der Waals surface area contributed by atoms with Crippen LogP contribution in [0.15, 0.2) is 47.4 Å². The molecule has 32 heavy (non-hydrogen) atoms. The lowest BCUT2D eigenvalue weighted by Gasteiger charge is -2.26. The van der Waals surface area contributed by atoms with Gasteiger partial charge in [-0.05, 0) is 42.3 Å². The second-order valence-electron chi connectivity index (χ2n) is 6.96. The Morgan fingerprint density at radius 3 is 2.50 bits per heavy atom. The number of nitrogens with one attached hydrogen (secondary N) is 1. The number of carbonyl (C=O) groups excluding carboxylic acids is 2. The molecule has 0 radical (unpaired) electrons. The fourth-order valence-electron chi connectivity index (χ4n) is 3.02. The minimum Gasteiger partial charge on any atom is -0.452 e. The maximum atomic E-state index is 14.2. The average Bonchev–Trinajstić information content (AvgIpc) is 2.79. The Kier molecular flexibility index (Phi) is 8.19. The van der Waals surface area contributed by atoms with Crippen molar-refractivity contribution in [2.24, 2.45) is 0 Å². The first-order valence-corrected chi connectivity index (χ1v) is 11.6. The molecule has 1 aliphatic heterocycles. The monoisotopic (exact) mass is 484 g/mol. The Labute approximate surface area is 190 Å². The van der Waals surface area contributed by atoms with E-state index in [9.17, 15) is 22.4 Å². The van der Waals surface area contributed by atoms with E-state index in [0.717, 1.165) is 28.1 Å². The predicted octanol–water partition coefficient (Wildman–Crippen LogP) is 2.02. The third-order valence-electron chi connectivity index (χ3n) is 4.74. The van der Waals surface area contributed by atoms with E-state index in [1.807, 2.05) is 12.1 Å². The van der Waals surface area contributed by atoms with Crippen molar-refractivity contribution in [3.63, 3.8) is 0 Å². The number of esters is 1. The molecule has 0 unspecified atom stereocenters. The van der Waals surface area contributed by atoms with Gasteiger partial charge in [-0.25, -0.2) is 17.6 Å². The van der Waals surface area contributed by atoms with E-state index in [0.29, 0.717) is 18.0 Å². The van der Waals surface area contributed by atoms with Gasteiger partial charge < -0.3 is 14.8 Å². The van der Waals surface area contributed by atoms with E-state index < -0.39 is 39.2 Å². The lowest BCUT2D eigenvalue weighted by molar-refractivity contribution is -0.124. The SMILES string of the molecule is O=C(COC(=O)c1ccc(F)c(S(=O)(=O)N2CCOCC2)c1)NCCc1ccc(Cl)cc1. The van der Waals surface area contributed by atoms with Gasteiger partial charge in [-0.15, -0.1) is 0 Å². The molecule has 1 amide bonds. The highest BCUT2D eigenvalue weighted by atomic mass is 35.5. The number of rotatable bonds is 8. The van der Waals surface area contributed by atoms with Crippen LogP contribution >= 0.6 is 11.6 Å². The van der Waals surface area contributed by atoms with Crippen molar-refractivity contribution in [1.29, 1.82) is 0 Å². The summed E-state index contributed by atoms with van der Waals surface area (Å²) in [4.78, 5) is 23.6. The summed E-state index contributed by atoms with van der Waals surface area (Å²) in [6, 6.07) is 10.1. The van der Waals surface area contributed by atoms with Gasteiger partial charge in [0.2, 0.25) is 10.0 Å². The van der Waals surface area contributed by atoms with Crippen LogP contribution in [0.2, 0.25) is 5.02 Å². The maximum absolute atomic E-state index is 14.2. The fourth-order valence-corrected chi connectivity index (χ4v) is 4.64. The number of sulfonamides is 1. The van der Waals surface area contributed by atoms with E-state index in [1.165, 1.54) is 0 Å². The van der Waals surface area contributed by atoms with Crippen molar-refractivity contribution in [3.05, 3.63) is 64.4 Å². The molecule has 8 nitrogen and oxygen atoms in total. The molecule has 2 aromatic carbocycles. The van der Waals surface area contributed by atoms with Gasteiger partial charge >= 0.3 is 5.97 Å². The van der Waals surface area contributed by atoms with Crippen LogP contribution in [0.25, 0.3) is 0 Å². The zero-order valence-corrected chi connectivity index (χ0v) is 18.6. The molecule has 2 aromatic rings. The Hall–Kier alpha value is -2.53. The van der Waals surface area contributed by atoms with E-state index in [2.05, 4.69) is 5.32 Å². The molecule has 0 saturated carbocycles. The zero-order valence-electron chi connectivity index (χ0n) is 17.1. The molecular weight excluding hydrogens is 463 g/mol. The van der Waals surface area contributed by atoms with Gasteiger partial charge in [-0.2, -0.15) is 4.31 Å². The van der Waals surface area contributed by atoms with E-state index in [1.54, 1.807) is 12.1 Å². The van der Waals surface area contributed by atoms with Crippen LogP contribution in [-0.2, 0) is 30.7 Å². The molecule has 1 N–H and O–H groups in total. The average molecular weight is 485 g/mol. The quantitative estimate of drug-likeness (QED) is 0.575. The van der Waals surface area contributed by atoms with E-state index in [4.69, 9.17) is 21.1 Å². The molecule has 11 heteroatoms. The minimum absolute atomic E-state index is 0.0899.